The van der Waals surface area contributed by atoms with E-state index in [0.717, 1.165) is 36.3 Å². The van der Waals surface area contributed by atoms with E-state index in [2.05, 4.69) is 24.5 Å². The summed E-state index contributed by atoms with van der Waals surface area (Å²) < 4.78 is 45.0. The predicted octanol–water partition coefficient (Wildman–Crippen LogP) is 5.89. The van der Waals surface area contributed by atoms with Crippen molar-refractivity contribution in [2.24, 2.45) is 34.3 Å². The Morgan fingerprint density at radius 1 is 0.850 bits per heavy atom. The minimum atomic E-state index is -0.894. The van der Waals surface area contributed by atoms with E-state index in [0.29, 0.717) is 60.7 Å². The lowest BCUT2D eigenvalue weighted by molar-refractivity contribution is -0.150. The molecule has 1 heterocycles. The molecule has 14 nitrogen and oxygen atoms in total. The van der Waals surface area contributed by atoms with Crippen molar-refractivity contribution in [3.05, 3.63) is 47.5 Å². The van der Waals surface area contributed by atoms with Gasteiger partial charge >= 0.3 is 18.0 Å². The normalized spacial score (nSPS) is 31.0. The summed E-state index contributed by atoms with van der Waals surface area (Å²) in [6.07, 6.45) is 11.0. The fraction of sp³-hybridized carbons (Fsp3) is 0.674. The molecule has 8 rings (SSSR count). The van der Waals surface area contributed by atoms with Gasteiger partial charge in [-0.25, -0.2) is 4.79 Å². The third kappa shape index (κ3) is 10.5. The van der Waals surface area contributed by atoms with Crippen molar-refractivity contribution in [1.29, 1.82) is 0 Å². The average molecular weight is 836 g/mol. The molecule has 5 aliphatic carbocycles. The second-order valence-electron chi connectivity index (χ2n) is 18.8. The van der Waals surface area contributed by atoms with E-state index in [1.54, 1.807) is 26.4 Å². The maximum atomic E-state index is 13.2. The lowest BCUT2D eigenvalue weighted by Crippen LogP contribution is -2.64. The SMILES string of the molecule is COc1ccc(C[C@H]2COC(=O)[C@@H]2Cc2ccc(OC(=O)N[C@H]3CCCC[C@@H]3OCCOC(=O)[C@@H](N)COCNC34CC5CC(C)(CC(C)(C5)C3)C4)c(OC)c2)cc1OC. The first-order chi connectivity index (χ1) is 28.8. The number of carbonyl (C=O) groups is 3. The zero-order valence-corrected chi connectivity index (χ0v) is 36.0. The molecule has 1 saturated heterocycles. The number of nitrogens with one attached hydrogen (secondary N) is 2. The van der Waals surface area contributed by atoms with Crippen LogP contribution in [0, 0.1) is 28.6 Å². The van der Waals surface area contributed by atoms with Gasteiger partial charge in [0, 0.05) is 11.5 Å². The van der Waals surface area contributed by atoms with Crippen LogP contribution in [0.2, 0.25) is 0 Å². The Bertz CT molecular complexity index is 1820. The summed E-state index contributed by atoms with van der Waals surface area (Å²) >= 11 is 0. The lowest BCUT2D eigenvalue weighted by atomic mass is 9.43. The number of hydrogen-bond donors (Lipinski definition) is 3. The topological polar surface area (TPSA) is 175 Å². The molecule has 0 radical (unpaired) electrons. The molecule has 0 aromatic heterocycles. The van der Waals surface area contributed by atoms with Gasteiger partial charge in [0.2, 0.25) is 0 Å². The first-order valence-electron chi connectivity index (χ1n) is 21.7. The van der Waals surface area contributed by atoms with Crippen LogP contribution in [0.3, 0.4) is 0 Å². The Labute approximate surface area is 354 Å². The zero-order valence-electron chi connectivity index (χ0n) is 36.0. The molecule has 4 bridgehead atoms. The van der Waals surface area contributed by atoms with E-state index in [9.17, 15) is 14.4 Å². The first-order valence-corrected chi connectivity index (χ1v) is 21.7. The fourth-order valence-electron chi connectivity index (χ4n) is 11.8. The average Bonchev–Trinajstić information content (AvgIpc) is 3.54. The molecule has 1 amide bonds. The van der Waals surface area contributed by atoms with Crippen LogP contribution in [0.4, 0.5) is 4.79 Å². The van der Waals surface area contributed by atoms with Crippen LogP contribution in [0.25, 0.3) is 0 Å². The number of carbonyl (C=O) groups excluding carboxylic acids is 3. The van der Waals surface area contributed by atoms with Crippen LogP contribution in [-0.4, -0.2) is 96.2 Å². The monoisotopic (exact) mass is 835 g/mol. The summed E-state index contributed by atoms with van der Waals surface area (Å²) in [4.78, 5) is 38.7. The molecular formula is C46H65N3O11. The molecule has 2 aromatic rings. The van der Waals surface area contributed by atoms with Gasteiger partial charge in [0.05, 0.1) is 65.9 Å². The van der Waals surface area contributed by atoms with E-state index < -0.39 is 18.1 Å². The van der Waals surface area contributed by atoms with E-state index in [1.807, 2.05) is 24.3 Å². The van der Waals surface area contributed by atoms with Crippen LogP contribution in [0.1, 0.15) is 89.2 Å². The number of amides is 1. The summed E-state index contributed by atoms with van der Waals surface area (Å²) in [6.45, 7) is 5.86. The van der Waals surface area contributed by atoms with Crippen LogP contribution in [-0.2, 0) is 41.4 Å². The molecule has 0 spiro atoms. The van der Waals surface area contributed by atoms with Gasteiger partial charge in [-0.05, 0) is 116 Å². The maximum Gasteiger partial charge on any atom is 0.413 e. The summed E-state index contributed by atoms with van der Waals surface area (Å²) in [7, 11) is 4.69. The molecule has 5 saturated carbocycles. The quantitative estimate of drug-likeness (QED) is 0.0870. The van der Waals surface area contributed by atoms with Crippen molar-refractivity contribution in [2.75, 3.05) is 54.5 Å². The van der Waals surface area contributed by atoms with Gasteiger partial charge in [-0.2, -0.15) is 0 Å². The molecule has 14 heteroatoms. The Morgan fingerprint density at radius 3 is 2.22 bits per heavy atom. The van der Waals surface area contributed by atoms with Crippen molar-refractivity contribution >= 4 is 18.0 Å². The summed E-state index contributed by atoms with van der Waals surface area (Å²) in [6, 6.07) is 9.86. The minimum absolute atomic E-state index is 0.0329. The molecule has 60 heavy (non-hydrogen) atoms. The highest BCUT2D eigenvalue weighted by Crippen LogP contribution is 2.66. The van der Waals surface area contributed by atoms with E-state index >= 15 is 0 Å². The van der Waals surface area contributed by atoms with Crippen LogP contribution in [0.15, 0.2) is 36.4 Å². The highest BCUT2D eigenvalue weighted by molar-refractivity contribution is 5.76. The van der Waals surface area contributed by atoms with Gasteiger partial charge in [-0.15, -0.1) is 0 Å². The van der Waals surface area contributed by atoms with Crippen molar-refractivity contribution in [1.82, 2.24) is 10.6 Å². The van der Waals surface area contributed by atoms with Crippen LogP contribution < -0.4 is 35.3 Å². The van der Waals surface area contributed by atoms with Gasteiger partial charge in [0.1, 0.15) is 12.6 Å². The maximum absolute atomic E-state index is 13.2. The van der Waals surface area contributed by atoms with Gasteiger partial charge in [0.25, 0.3) is 0 Å². The standard InChI is InChI=1S/C46H65N3O11/c1-44-20-31-21-45(2,25-44)27-46(22-31,26-44)48-28-56-24-34(47)42(51)58-15-14-57-36-9-7-6-8-35(36)49-43(52)60-38-13-11-30(19-40(38)55-5)17-33-32(23-59-41(33)50)16-29-10-12-37(53-3)39(18-29)54-4/h10-13,18-19,31-36,48H,6-9,14-17,20-28,47H2,1-5H3,(H,49,52)/t31?,32-,33+,34-,35-,36-,44?,45?,46?/m0/s1. The molecule has 6 aliphatic rings. The highest BCUT2D eigenvalue weighted by Gasteiger charge is 2.60. The Morgan fingerprint density at radius 2 is 1.52 bits per heavy atom. The van der Waals surface area contributed by atoms with E-state index in [4.69, 9.17) is 43.6 Å². The molecule has 2 aromatic carbocycles. The number of methoxy groups -OCH3 is 3. The lowest BCUT2D eigenvalue weighted by Gasteiger charge is -2.65. The Kier molecular flexibility index (Phi) is 13.8. The smallest absolute Gasteiger partial charge is 0.413 e. The van der Waals surface area contributed by atoms with Crippen molar-refractivity contribution in [3.8, 4) is 23.0 Å². The number of nitrogens with two attached hydrogens (primary N) is 1. The minimum Gasteiger partial charge on any atom is -0.493 e. The number of esters is 2. The molecule has 2 unspecified atom stereocenters. The van der Waals surface area contributed by atoms with Gasteiger partial charge < -0.3 is 48.9 Å². The summed E-state index contributed by atoms with van der Waals surface area (Å²) in [5, 5.41) is 6.67. The number of benzene rings is 2. The summed E-state index contributed by atoms with van der Waals surface area (Å²) in [5.74, 6) is 1.51. The second kappa shape index (κ2) is 18.9. The molecule has 6 fully saturated rings. The van der Waals surface area contributed by atoms with Crippen LogP contribution >= 0.6 is 0 Å². The molecule has 4 N–H and O–H groups in total. The highest BCUT2D eigenvalue weighted by atomic mass is 16.6. The number of ether oxygens (including phenoxy) is 8. The van der Waals surface area contributed by atoms with Crippen molar-refractivity contribution in [3.63, 3.8) is 0 Å². The van der Waals surface area contributed by atoms with E-state index in [1.165, 1.54) is 45.6 Å². The zero-order chi connectivity index (χ0) is 42.5. The summed E-state index contributed by atoms with van der Waals surface area (Å²) in [5.41, 5.74) is 8.91. The van der Waals surface area contributed by atoms with Gasteiger partial charge in [0.15, 0.2) is 23.0 Å². The van der Waals surface area contributed by atoms with Gasteiger partial charge in [-0.1, -0.05) is 38.8 Å². The molecule has 1 aliphatic heterocycles. The van der Waals surface area contributed by atoms with Gasteiger partial charge in [-0.3, -0.25) is 14.9 Å². The van der Waals surface area contributed by atoms with E-state index in [-0.39, 0.29) is 61.1 Å². The number of rotatable bonds is 19. The third-order valence-electron chi connectivity index (χ3n) is 13.6. The third-order valence-corrected chi connectivity index (χ3v) is 13.6. The number of cyclic esters (lactones) is 1. The van der Waals surface area contributed by atoms with Crippen molar-refractivity contribution in [2.45, 2.75) is 115 Å². The first kappa shape index (κ1) is 44.0. The van der Waals surface area contributed by atoms with Crippen LogP contribution in [0.5, 0.6) is 23.0 Å². The molecular weight excluding hydrogens is 771 g/mol. The largest absolute Gasteiger partial charge is 0.493 e. The number of hydrogen-bond acceptors (Lipinski definition) is 13. The predicted molar refractivity (Wildman–Crippen MR) is 222 cm³/mol. The fourth-order valence-corrected chi connectivity index (χ4v) is 11.8. The second-order valence-corrected chi connectivity index (χ2v) is 18.8. The molecule has 7 atom stereocenters. The van der Waals surface area contributed by atoms with Crippen molar-refractivity contribution < 1.29 is 52.3 Å². The Balaban J connectivity index is 0.826. The molecule has 330 valence electrons. The Hall–Kier alpha value is -4.11.